The molecule has 1 fully saturated rings. The number of hydrogen-bond donors (Lipinski definition) is 1. The van der Waals surface area contributed by atoms with Gasteiger partial charge in [-0.3, -0.25) is 4.79 Å². The van der Waals surface area contributed by atoms with Crippen LogP contribution in [0.15, 0.2) is 42.6 Å². The van der Waals surface area contributed by atoms with Gasteiger partial charge in [0.25, 0.3) is 5.91 Å². The molecular formula is C22H27N5O. The summed E-state index contributed by atoms with van der Waals surface area (Å²) in [7, 11) is 0. The molecule has 1 aromatic carbocycles. The number of carbonyl (C=O) groups is 1. The Morgan fingerprint density at radius 3 is 2.64 bits per heavy atom. The third kappa shape index (κ3) is 3.78. The van der Waals surface area contributed by atoms with Gasteiger partial charge < -0.3 is 10.2 Å². The maximum absolute atomic E-state index is 12.9. The molecule has 0 radical (unpaired) electrons. The first-order valence-electron chi connectivity index (χ1n) is 10.1. The summed E-state index contributed by atoms with van der Waals surface area (Å²) >= 11 is 0. The van der Waals surface area contributed by atoms with E-state index in [1.54, 1.807) is 6.20 Å². The number of fused-ring (bicyclic) bond motifs is 1. The normalized spacial score (nSPS) is 14.8. The molecule has 6 heteroatoms. The molecule has 28 heavy (non-hydrogen) atoms. The molecule has 2 aromatic heterocycles. The van der Waals surface area contributed by atoms with Gasteiger partial charge >= 0.3 is 0 Å². The summed E-state index contributed by atoms with van der Waals surface area (Å²) in [6.45, 7) is 7.99. The first kappa shape index (κ1) is 18.6. The fourth-order valence-electron chi connectivity index (χ4n) is 3.86. The van der Waals surface area contributed by atoms with Gasteiger partial charge in [-0.05, 0) is 31.8 Å². The Morgan fingerprint density at radius 2 is 1.93 bits per heavy atom. The highest BCUT2D eigenvalue weighted by atomic mass is 16.1. The third-order valence-electron chi connectivity index (χ3n) is 5.29. The average molecular weight is 377 g/mol. The molecule has 1 amide bonds. The summed E-state index contributed by atoms with van der Waals surface area (Å²) in [4.78, 5) is 19.8. The summed E-state index contributed by atoms with van der Waals surface area (Å²) in [5.74, 6) is 0.0717. The Morgan fingerprint density at radius 1 is 1.18 bits per heavy atom. The molecule has 4 rings (SSSR count). The fraction of sp³-hybridized carbons (Fsp3) is 0.409. The Balaban J connectivity index is 1.60. The van der Waals surface area contributed by atoms with Crippen molar-refractivity contribution in [3.63, 3.8) is 0 Å². The average Bonchev–Trinajstić information content (AvgIpc) is 3.37. The maximum atomic E-state index is 12.9. The van der Waals surface area contributed by atoms with Crippen molar-refractivity contribution in [3.05, 3.63) is 53.9 Å². The highest BCUT2D eigenvalue weighted by molar-refractivity contribution is 5.95. The largest absolute Gasteiger partial charge is 0.351 e. The van der Waals surface area contributed by atoms with Gasteiger partial charge in [0.1, 0.15) is 0 Å². The van der Waals surface area contributed by atoms with E-state index in [1.807, 2.05) is 40.9 Å². The number of likely N-dealkylation sites (tertiary alicyclic amines) is 1. The van der Waals surface area contributed by atoms with Crippen LogP contribution in [0.25, 0.3) is 16.9 Å². The van der Waals surface area contributed by atoms with Crippen LogP contribution in [0.3, 0.4) is 0 Å². The van der Waals surface area contributed by atoms with E-state index in [9.17, 15) is 4.79 Å². The number of nitrogens with zero attached hydrogens (tertiary/aromatic N) is 4. The summed E-state index contributed by atoms with van der Waals surface area (Å²) in [5.41, 5.74) is 4.16. The van der Waals surface area contributed by atoms with E-state index in [-0.39, 0.29) is 11.8 Å². The van der Waals surface area contributed by atoms with Gasteiger partial charge in [0, 0.05) is 30.9 Å². The van der Waals surface area contributed by atoms with E-state index >= 15 is 0 Å². The molecule has 0 atom stereocenters. The molecule has 0 aliphatic carbocycles. The standard InChI is InChI=1S/C22H27N5O/c1-16(2)21-18(22(28)23-10-13-26-11-6-7-12-26)15-24-20-14-19(25-27(20)21)17-8-4-3-5-9-17/h3-5,8-9,14-16H,6-7,10-13H2,1-2H3,(H,23,28). The SMILES string of the molecule is CC(C)c1c(C(=O)NCCN2CCCC2)cnc2cc(-c3ccccc3)nn12. The molecule has 0 spiro atoms. The van der Waals surface area contributed by atoms with Crippen LogP contribution in [0, 0.1) is 0 Å². The third-order valence-corrected chi connectivity index (χ3v) is 5.29. The van der Waals surface area contributed by atoms with E-state index in [4.69, 9.17) is 5.10 Å². The molecular weight excluding hydrogens is 350 g/mol. The van der Waals surface area contributed by atoms with Crippen molar-refractivity contribution < 1.29 is 4.79 Å². The summed E-state index contributed by atoms with van der Waals surface area (Å²) in [6, 6.07) is 12.0. The lowest BCUT2D eigenvalue weighted by Gasteiger charge is -2.16. The van der Waals surface area contributed by atoms with Crippen LogP contribution in [-0.4, -0.2) is 51.6 Å². The summed E-state index contributed by atoms with van der Waals surface area (Å²) in [5, 5.41) is 7.82. The maximum Gasteiger partial charge on any atom is 0.254 e. The summed E-state index contributed by atoms with van der Waals surface area (Å²) < 4.78 is 1.82. The van der Waals surface area contributed by atoms with Gasteiger partial charge in [0.15, 0.2) is 5.65 Å². The number of hydrogen-bond acceptors (Lipinski definition) is 4. The molecule has 1 N–H and O–H groups in total. The number of carbonyl (C=O) groups excluding carboxylic acids is 1. The van der Waals surface area contributed by atoms with E-state index in [0.29, 0.717) is 12.1 Å². The molecule has 1 saturated heterocycles. The van der Waals surface area contributed by atoms with Crippen molar-refractivity contribution in [2.75, 3.05) is 26.2 Å². The predicted octanol–water partition coefficient (Wildman–Crippen LogP) is 3.35. The van der Waals surface area contributed by atoms with Gasteiger partial charge in [-0.2, -0.15) is 5.10 Å². The Labute approximate surface area is 165 Å². The zero-order valence-corrected chi connectivity index (χ0v) is 16.6. The molecule has 1 aliphatic rings. The van der Waals surface area contributed by atoms with Crippen LogP contribution in [-0.2, 0) is 0 Å². The van der Waals surface area contributed by atoms with Crippen LogP contribution >= 0.6 is 0 Å². The van der Waals surface area contributed by atoms with Crippen LogP contribution in [0.4, 0.5) is 0 Å². The molecule has 0 unspecified atom stereocenters. The fourth-order valence-corrected chi connectivity index (χ4v) is 3.86. The predicted molar refractivity (Wildman–Crippen MR) is 111 cm³/mol. The van der Waals surface area contributed by atoms with Crippen molar-refractivity contribution in [2.24, 2.45) is 0 Å². The molecule has 0 bridgehead atoms. The lowest BCUT2D eigenvalue weighted by atomic mass is 10.0. The van der Waals surface area contributed by atoms with Gasteiger partial charge in [-0.25, -0.2) is 9.50 Å². The lowest BCUT2D eigenvalue weighted by molar-refractivity contribution is 0.0947. The summed E-state index contributed by atoms with van der Waals surface area (Å²) in [6.07, 6.45) is 4.20. The number of aromatic nitrogens is 3. The smallest absolute Gasteiger partial charge is 0.254 e. The minimum absolute atomic E-state index is 0.0749. The Kier molecular flexibility index (Phi) is 5.39. The molecule has 3 heterocycles. The van der Waals surface area contributed by atoms with Crippen molar-refractivity contribution in [1.29, 1.82) is 0 Å². The quantitative estimate of drug-likeness (QED) is 0.716. The minimum Gasteiger partial charge on any atom is -0.351 e. The zero-order chi connectivity index (χ0) is 19.5. The van der Waals surface area contributed by atoms with Crippen LogP contribution in [0.2, 0.25) is 0 Å². The van der Waals surface area contributed by atoms with Crippen molar-refractivity contribution in [2.45, 2.75) is 32.6 Å². The van der Waals surface area contributed by atoms with Gasteiger partial charge in [0.05, 0.1) is 17.0 Å². The van der Waals surface area contributed by atoms with Gasteiger partial charge in [-0.15, -0.1) is 0 Å². The van der Waals surface area contributed by atoms with E-state index in [0.717, 1.165) is 42.2 Å². The number of amides is 1. The monoisotopic (exact) mass is 377 g/mol. The van der Waals surface area contributed by atoms with Gasteiger partial charge in [0.2, 0.25) is 0 Å². The second-order valence-corrected chi connectivity index (χ2v) is 7.68. The molecule has 6 nitrogen and oxygen atoms in total. The highest BCUT2D eigenvalue weighted by Gasteiger charge is 2.20. The van der Waals surface area contributed by atoms with Crippen molar-refractivity contribution >= 4 is 11.6 Å². The molecule has 146 valence electrons. The number of nitrogens with one attached hydrogen (secondary N) is 1. The first-order valence-corrected chi connectivity index (χ1v) is 10.1. The molecule has 0 saturated carbocycles. The Hall–Kier alpha value is -2.73. The second kappa shape index (κ2) is 8.10. The lowest BCUT2D eigenvalue weighted by Crippen LogP contribution is -2.34. The minimum atomic E-state index is -0.0749. The van der Waals surface area contributed by atoms with Crippen molar-refractivity contribution in [1.82, 2.24) is 24.8 Å². The number of rotatable bonds is 6. The second-order valence-electron chi connectivity index (χ2n) is 7.68. The number of benzene rings is 1. The van der Waals surface area contributed by atoms with E-state index in [1.165, 1.54) is 12.8 Å². The molecule has 1 aliphatic heterocycles. The Bertz CT molecular complexity index is 958. The van der Waals surface area contributed by atoms with Crippen LogP contribution in [0.1, 0.15) is 48.7 Å². The van der Waals surface area contributed by atoms with Crippen LogP contribution in [0.5, 0.6) is 0 Å². The highest BCUT2D eigenvalue weighted by Crippen LogP contribution is 2.24. The van der Waals surface area contributed by atoms with Crippen molar-refractivity contribution in [3.8, 4) is 11.3 Å². The van der Waals surface area contributed by atoms with Gasteiger partial charge in [-0.1, -0.05) is 44.2 Å². The van der Waals surface area contributed by atoms with Crippen LogP contribution < -0.4 is 5.32 Å². The molecule has 3 aromatic rings. The topological polar surface area (TPSA) is 62.5 Å². The van der Waals surface area contributed by atoms with E-state index < -0.39 is 0 Å². The van der Waals surface area contributed by atoms with E-state index in [2.05, 4.69) is 29.0 Å². The zero-order valence-electron chi connectivity index (χ0n) is 16.6. The first-order chi connectivity index (χ1) is 13.6.